The molecule has 15 heavy (non-hydrogen) atoms. The van der Waals surface area contributed by atoms with Crippen molar-refractivity contribution in [3.63, 3.8) is 0 Å². The Labute approximate surface area is 92.0 Å². The number of halogens is 2. The van der Waals surface area contributed by atoms with Gasteiger partial charge in [0.2, 0.25) is 0 Å². The highest BCUT2D eigenvalue weighted by Crippen LogP contribution is 2.27. The lowest BCUT2D eigenvalue weighted by Gasteiger charge is -1.95. The van der Waals surface area contributed by atoms with Crippen LogP contribution in [0.2, 0.25) is 5.02 Å². The van der Waals surface area contributed by atoms with Crippen LogP contribution in [0.1, 0.15) is 12.7 Å². The molecule has 2 aromatic rings. The summed E-state index contributed by atoms with van der Waals surface area (Å²) in [4.78, 5) is 0. The standard InChI is InChI=1S/C11H11ClFNO/c1-2-14-6-9-4-7-3-8(13)5-10(12)11(7)15-9/h3-5,14H,2,6H2,1H3. The van der Waals surface area contributed by atoms with E-state index in [0.717, 1.165) is 12.3 Å². The van der Waals surface area contributed by atoms with Crippen molar-refractivity contribution in [1.82, 2.24) is 5.32 Å². The Morgan fingerprint density at radius 2 is 2.20 bits per heavy atom. The smallest absolute Gasteiger partial charge is 0.153 e. The third-order valence-corrected chi connectivity index (χ3v) is 2.42. The van der Waals surface area contributed by atoms with E-state index in [4.69, 9.17) is 16.0 Å². The summed E-state index contributed by atoms with van der Waals surface area (Å²) in [5.74, 6) is 0.419. The van der Waals surface area contributed by atoms with Crippen molar-refractivity contribution in [2.75, 3.05) is 6.54 Å². The van der Waals surface area contributed by atoms with Gasteiger partial charge in [-0.1, -0.05) is 18.5 Å². The molecule has 0 amide bonds. The SMILES string of the molecule is CCNCc1cc2cc(F)cc(Cl)c2o1. The van der Waals surface area contributed by atoms with Gasteiger partial charge < -0.3 is 9.73 Å². The fraction of sp³-hybridized carbons (Fsp3) is 0.273. The van der Waals surface area contributed by atoms with Gasteiger partial charge in [0.1, 0.15) is 11.6 Å². The summed E-state index contributed by atoms with van der Waals surface area (Å²) in [5.41, 5.74) is 0.547. The molecule has 2 rings (SSSR count). The van der Waals surface area contributed by atoms with E-state index in [2.05, 4.69) is 5.32 Å². The van der Waals surface area contributed by atoms with Crippen LogP contribution in [-0.2, 0) is 6.54 Å². The van der Waals surface area contributed by atoms with Crippen LogP contribution in [0.5, 0.6) is 0 Å². The molecule has 0 saturated heterocycles. The lowest BCUT2D eigenvalue weighted by molar-refractivity contribution is 0.519. The normalized spacial score (nSPS) is 11.1. The van der Waals surface area contributed by atoms with Gasteiger partial charge in [0.05, 0.1) is 11.6 Å². The first-order valence-electron chi connectivity index (χ1n) is 4.79. The summed E-state index contributed by atoms with van der Waals surface area (Å²) in [6.07, 6.45) is 0. The van der Waals surface area contributed by atoms with Gasteiger partial charge in [-0.2, -0.15) is 0 Å². The van der Waals surface area contributed by atoms with Gasteiger partial charge in [-0.15, -0.1) is 0 Å². The van der Waals surface area contributed by atoms with E-state index in [0.29, 0.717) is 22.5 Å². The number of hydrogen-bond acceptors (Lipinski definition) is 2. The molecule has 0 bridgehead atoms. The molecule has 0 aliphatic heterocycles. The van der Waals surface area contributed by atoms with Crippen molar-refractivity contribution in [2.45, 2.75) is 13.5 Å². The molecule has 1 aromatic heterocycles. The molecule has 0 fully saturated rings. The maximum absolute atomic E-state index is 13.0. The van der Waals surface area contributed by atoms with Gasteiger partial charge in [0.25, 0.3) is 0 Å². The van der Waals surface area contributed by atoms with E-state index in [1.54, 1.807) is 6.07 Å². The Kier molecular flexibility index (Phi) is 2.93. The summed E-state index contributed by atoms with van der Waals surface area (Å²) in [7, 11) is 0. The highest BCUT2D eigenvalue weighted by atomic mass is 35.5. The molecular formula is C11H11ClFNO. The fourth-order valence-corrected chi connectivity index (χ4v) is 1.72. The van der Waals surface area contributed by atoms with Gasteiger partial charge in [0, 0.05) is 5.39 Å². The Hall–Kier alpha value is -1.06. The van der Waals surface area contributed by atoms with Crippen LogP contribution in [-0.4, -0.2) is 6.54 Å². The topological polar surface area (TPSA) is 25.2 Å². The Bertz CT molecular complexity index is 481. The third-order valence-electron chi connectivity index (χ3n) is 2.14. The fourth-order valence-electron chi connectivity index (χ4n) is 1.46. The highest BCUT2D eigenvalue weighted by Gasteiger charge is 2.08. The van der Waals surface area contributed by atoms with Crippen molar-refractivity contribution in [2.24, 2.45) is 0 Å². The van der Waals surface area contributed by atoms with Crippen molar-refractivity contribution in [1.29, 1.82) is 0 Å². The summed E-state index contributed by atoms with van der Waals surface area (Å²) in [5, 5.41) is 4.14. The van der Waals surface area contributed by atoms with E-state index in [-0.39, 0.29) is 5.82 Å². The lowest BCUT2D eigenvalue weighted by Crippen LogP contribution is -2.10. The summed E-state index contributed by atoms with van der Waals surface area (Å²) >= 11 is 5.86. The van der Waals surface area contributed by atoms with Crippen LogP contribution in [0.25, 0.3) is 11.0 Å². The molecule has 4 heteroatoms. The lowest BCUT2D eigenvalue weighted by atomic mass is 10.2. The summed E-state index contributed by atoms with van der Waals surface area (Å²) < 4.78 is 18.5. The first-order chi connectivity index (χ1) is 7.20. The van der Waals surface area contributed by atoms with E-state index < -0.39 is 0 Å². The number of nitrogens with one attached hydrogen (secondary N) is 1. The van der Waals surface area contributed by atoms with Crippen LogP contribution >= 0.6 is 11.6 Å². The third kappa shape index (κ3) is 2.13. The predicted molar refractivity (Wildman–Crippen MR) is 58.6 cm³/mol. The van der Waals surface area contributed by atoms with Gasteiger partial charge in [-0.25, -0.2) is 4.39 Å². The number of hydrogen-bond donors (Lipinski definition) is 1. The minimum atomic E-state index is -0.344. The average molecular weight is 228 g/mol. The second-order valence-corrected chi connectivity index (χ2v) is 3.71. The molecule has 1 heterocycles. The van der Waals surface area contributed by atoms with Crippen molar-refractivity contribution in [3.05, 3.63) is 34.8 Å². The quantitative estimate of drug-likeness (QED) is 0.870. The minimum Gasteiger partial charge on any atom is -0.458 e. The number of benzene rings is 1. The maximum Gasteiger partial charge on any atom is 0.153 e. The molecule has 0 unspecified atom stereocenters. The number of rotatable bonds is 3. The van der Waals surface area contributed by atoms with Crippen molar-refractivity contribution < 1.29 is 8.81 Å². The number of furan rings is 1. The van der Waals surface area contributed by atoms with Crippen LogP contribution < -0.4 is 5.32 Å². The molecule has 1 N–H and O–H groups in total. The molecule has 0 atom stereocenters. The number of fused-ring (bicyclic) bond motifs is 1. The second-order valence-electron chi connectivity index (χ2n) is 3.30. The van der Waals surface area contributed by atoms with Crippen LogP contribution in [0, 0.1) is 5.82 Å². The second kappa shape index (κ2) is 4.21. The van der Waals surface area contributed by atoms with Crippen LogP contribution in [0.15, 0.2) is 22.6 Å². The molecule has 1 aromatic carbocycles. The highest BCUT2D eigenvalue weighted by molar-refractivity contribution is 6.34. The largest absolute Gasteiger partial charge is 0.458 e. The average Bonchev–Trinajstić information content (AvgIpc) is 2.57. The first-order valence-corrected chi connectivity index (χ1v) is 5.16. The van der Waals surface area contributed by atoms with E-state index in [1.807, 2.05) is 6.92 Å². The maximum atomic E-state index is 13.0. The Morgan fingerprint density at radius 1 is 1.40 bits per heavy atom. The minimum absolute atomic E-state index is 0.313. The van der Waals surface area contributed by atoms with Crippen LogP contribution in [0.4, 0.5) is 4.39 Å². The van der Waals surface area contributed by atoms with E-state index >= 15 is 0 Å². The molecule has 80 valence electrons. The molecular weight excluding hydrogens is 217 g/mol. The van der Waals surface area contributed by atoms with E-state index in [9.17, 15) is 4.39 Å². The van der Waals surface area contributed by atoms with Gasteiger partial charge in [0.15, 0.2) is 5.58 Å². The zero-order valence-corrected chi connectivity index (χ0v) is 9.07. The van der Waals surface area contributed by atoms with Gasteiger partial charge >= 0.3 is 0 Å². The summed E-state index contributed by atoms with van der Waals surface area (Å²) in [6, 6.07) is 4.47. The van der Waals surface area contributed by atoms with Gasteiger partial charge in [-0.3, -0.25) is 0 Å². The molecule has 0 aliphatic rings. The monoisotopic (exact) mass is 227 g/mol. The Balaban J connectivity index is 2.41. The van der Waals surface area contributed by atoms with Crippen molar-refractivity contribution in [3.8, 4) is 0 Å². The Morgan fingerprint density at radius 3 is 2.93 bits per heavy atom. The van der Waals surface area contributed by atoms with Gasteiger partial charge in [-0.05, 0) is 24.7 Å². The molecule has 0 aliphatic carbocycles. The molecule has 0 saturated carbocycles. The molecule has 2 nitrogen and oxygen atoms in total. The van der Waals surface area contributed by atoms with E-state index in [1.165, 1.54) is 12.1 Å². The predicted octanol–water partition coefficient (Wildman–Crippen LogP) is 3.33. The molecule has 0 spiro atoms. The van der Waals surface area contributed by atoms with Crippen LogP contribution in [0.3, 0.4) is 0 Å². The zero-order valence-electron chi connectivity index (χ0n) is 8.31. The van der Waals surface area contributed by atoms with Crippen molar-refractivity contribution >= 4 is 22.6 Å². The first kappa shape index (κ1) is 10.5. The molecule has 0 radical (unpaired) electrons. The summed E-state index contributed by atoms with van der Waals surface area (Å²) in [6.45, 7) is 3.50. The zero-order chi connectivity index (χ0) is 10.8.